The quantitative estimate of drug-likeness (QED) is 0.868. The van der Waals surface area contributed by atoms with Gasteiger partial charge in [-0.25, -0.2) is 4.79 Å². The molecule has 23 heavy (non-hydrogen) atoms. The molecule has 7 heteroatoms. The van der Waals surface area contributed by atoms with Gasteiger partial charge < -0.3 is 14.9 Å². The van der Waals surface area contributed by atoms with Gasteiger partial charge in [0.05, 0.1) is 11.6 Å². The first kappa shape index (κ1) is 16.0. The van der Waals surface area contributed by atoms with Crippen molar-refractivity contribution in [2.75, 3.05) is 18.0 Å². The van der Waals surface area contributed by atoms with Crippen molar-refractivity contribution in [3.8, 4) is 0 Å². The molecule has 3 rings (SSSR count). The Morgan fingerprint density at radius 1 is 1.26 bits per heavy atom. The van der Waals surface area contributed by atoms with Crippen LogP contribution in [0.1, 0.15) is 19.3 Å². The van der Waals surface area contributed by atoms with Crippen molar-refractivity contribution < 1.29 is 19.5 Å². The molecule has 1 aromatic carbocycles. The summed E-state index contributed by atoms with van der Waals surface area (Å²) >= 11 is 3.42. The zero-order chi connectivity index (χ0) is 16.6. The first-order chi connectivity index (χ1) is 11.0. The minimum Gasteiger partial charge on any atom is -0.480 e. The highest BCUT2D eigenvalue weighted by molar-refractivity contribution is 9.10. The molecule has 6 nitrogen and oxygen atoms in total. The summed E-state index contributed by atoms with van der Waals surface area (Å²) in [6.45, 7) is 0.749. The maximum absolute atomic E-state index is 12.6. The lowest BCUT2D eigenvalue weighted by atomic mass is 10.1. The first-order valence-corrected chi connectivity index (χ1v) is 8.36. The fourth-order valence-electron chi connectivity index (χ4n) is 3.30. The summed E-state index contributed by atoms with van der Waals surface area (Å²) in [5, 5.41) is 9.22. The molecule has 0 bridgehead atoms. The largest absolute Gasteiger partial charge is 0.480 e. The number of anilines is 1. The number of carbonyl (C=O) groups excluding carboxylic acids is 2. The van der Waals surface area contributed by atoms with Crippen LogP contribution in [0.5, 0.6) is 0 Å². The van der Waals surface area contributed by atoms with Crippen molar-refractivity contribution in [1.29, 1.82) is 0 Å². The summed E-state index contributed by atoms with van der Waals surface area (Å²) < 4.78 is 0.797. The third-order valence-corrected chi connectivity index (χ3v) is 5.11. The van der Waals surface area contributed by atoms with Crippen LogP contribution in [0.3, 0.4) is 0 Å². The third kappa shape index (κ3) is 2.97. The second kappa shape index (κ2) is 6.31. The van der Waals surface area contributed by atoms with Crippen LogP contribution in [0, 0.1) is 5.92 Å². The summed E-state index contributed by atoms with van der Waals surface area (Å²) in [5.41, 5.74) is 0.740. The Bertz CT molecular complexity index is 663. The number of likely N-dealkylation sites (tertiary alicyclic amines) is 1. The minimum atomic E-state index is -0.970. The van der Waals surface area contributed by atoms with E-state index < -0.39 is 17.9 Å². The molecule has 1 aromatic rings. The van der Waals surface area contributed by atoms with Crippen LogP contribution in [-0.2, 0) is 14.4 Å². The third-order valence-electron chi connectivity index (χ3n) is 4.44. The maximum atomic E-state index is 12.6. The number of nitrogens with zero attached hydrogens (tertiary/aromatic N) is 2. The van der Waals surface area contributed by atoms with Crippen molar-refractivity contribution in [1.82, 2.24) is 4.90 Å². The Labute approximate surface area is 142 Å². The zero-order valence-electron chi connectivity index (χ0n) is 12.4. The Kier molecular flexibility index (Phi) is 4.39. The van der Waals surface area contributed by atoms with Gasteiger partial charge in [0, 0.05) is 24.0 Å². The second-order valence-electron chi connectivity index (χ2n) is 5.88. The zero-order valence-corrected chi connectivity index (χ0v) is 14.0. The Balaban J connectivity index is 1.76. The molecular weight excluding hydrogens is 364 g/mol. The molecule has 2 heterocycles. The Hall–Kier alpha value is -1.89. The van der Waals surface area contributed by atoms with E-state index in [0.29, 0.717) is 25.9 Å². The molecular formula is C16H17BrN2O4. The highest BCUT2D eigenvalue weighted by Crippen LogP contribution is 2.32. The van der Waals surface area contributed by atoms with Crippen molar-refractivity contribution in [3.63, 3.8) is 0 Å². The van der Waals surface area contributed by atoms with Crippen LogP contribution in [-0.4, -0.2) is 46.9 Å². The van der Waals surface area contributed by atoms with Crippen LogP contribution in [0.15, 0.2) is 28.7 Å². The predicted molar refractivity (Wildman–Crippen MR) is 87.0 cm³/mol. The van der Waals surface area contributed by atoms with Crippen LogP contribution in [0.4, 0.5) is 5.69 Å². The fraction of sp³-hybridized carbons (Fsp3) is 0.438. The number of carboxylic acid groups (broad SMARTS) is 1. The van der Waals surface area contributed by atoms with E-state index in [9.17, 15) is 19.5 Å². The van der Waals surface area contributed by atoms with Gasteiger partial charge in [-0.05, 0) is 40.9 Å². The molecule has 0 aliphatic carbocycles. The molecule has 1 unspecified atom stereocenters. The molecule has 2 amide bonds. The Morgan fingerprint density at radius 3 is 2.70 bits per heavy atom. The maximum Gasteiger partial charge on any atom is 0.326 e. The number of carboxylic acids is 1. The lowest BCUT2D eigenvalue weighted by Gasteiger charge is -2.24. The van der Waals surface area contributed by atoms with Gasteiger partial charge in [0.25, 0.3) is 0 Å². The summed E-state index contributed by atoms with van der Waals surface area (Å²) in [4.78, 5) is 39.2. The Morgan fingerprint density at radius 2 is 2.00 bits per heavy atom. The number of hydrogen-bond acceptors (Lipinski definition) is 3. The van der Waals surface area contributed by atoms with Gasteiger partial charge in [0.1, 0.15) is 6.04 Å². The molecule has 1 N–H and O–H groups in total. The van der Waals surface area contributed by atoms with Crippen LogP contribution >= 0.6 is 15.9 Å². The standard InChI is InChI=1S/C16H17BrN2O4/c17-11-4-1-2-5-12(11)19-9-10(8-14(19)20)15(21)18-7-3-6-13(18)16(22)23/h1-2,4-5,10,13H,3,6-9H2,(H,22,23)/t10?,13-/m0/s1. The summed E-state index contributed by atoms with van der Waals surface area (Å²) in [6.07, 6.45) is 1.30. The molecule has 0 saturated carbocycles. The van der Waals surface area contributed by atoms with Gasteiger partial charge in [0.15, 0.2) is 0 Å². The van der Waals surface area contributed by atoms with Crippen LogP contribution < -0.4 is 4.90 Å². The van der Waals surface area contributed by atoms with Gasteiger partial charge in [-0.3, -0.25) is 9.59 Å². The van der Waals surface area contributed by atoms with E-state index in [4.69, 9.17) is 0 Å². The fourth-order valence-corrected chi connectivity index (χ4v) is 3.80. The summed E-state index contributed by atoms with van der Waals surface area (Å²) in [6, 6.07) is 6.61. The number of carbonyl (C=O) groups is 3. The van der Waals surface area contributed by atoms with Gasteiger partial charge in [-0.15, -0.1) is 0 Å². The van der Waals surface area contributed by atoms with Crippen LogP contribution in [0.25, 0.3) is 0 Å². The number of aliphatic carboxylic acids is 1. The van der Waals surface area contributed by atoms with Gasteiger partial charge >= 0.3 is 5.97 Å². The number of hydrogen-bond donors (Lipinski definition) is 1. The van der Waals surface area contributed by atoms with Gasteiger partial charge in [0.2, 0.25) is 11.8 Å². The highest BCUT2D eigenvalue weighted by Gasteiger charge is 2.42. The normalized spacial score (nSPS) is 24.3. The van der Waals surface area contributed by atoms with Gasteiger partial charge in [-0.1, -0.05) is 12.1 Å². The molecule has 0 aromatic heterocycles. The molecule has 2 saturated heterocycles. The first-order valence-electron chi connectivity index (χ1n) is 7.57. The molecule has 2 atom stereocenters. The molecule has 0 radical (unpaired) electrons. The van der Waals surface area contributed by atoms with Gasteiger partial charge in [-0.2, -0.15) is 0 Å². The van der Waals surface area contributed by atoms with Crippen molar-refractivity contribution in [3.05, 3.63) is 28.7 Å². The van der Waals surface area contributed by atoms with Crippen LogP contribution in [0.2, 0.25) is 0 Å². The number of amides is 2. The van der Waals surface area contributed by atoms with Crippen molar-refractivity contribution >= 4 is 39.4 Å². The second-order valence-corrected chi connectivity index (χ2v) is 6.74. The number of rotatable bonds is 3. The number of halogens is 1. The lowest BCUT2D eigenvalue weighted by molar-refractivity contribution is -0.149. The lowest BCUT2D eigenvalue weighted by Crippen LogP contribution is -2.44. The van der Waals surface area contributed by atoms with E-state index in [1.54, 1.807) is 4.90 Å². The van der Waals surface area contributed by atoms with E-state index in [0.717, 1.165) is 10.2 Å². The minimum absolute atomic E-state index is 0.110. The van der Waals surface area contributed by atoms with E-state index in [1.807, 2.05) is 24.3 Å². The van der Waals surface area contributed by atoms with Crippen molar-refractivity contribution in [2.45, 2.75) is 25.3 Å². The van der Waals surface area contributed by atoms with E-state index in [2.05, 4.69) is 15.9 Å². The molecule has 2 aliphatic heterocycles. The number of benzene rings is 1. The SMILES string of the molecule is O=C(O)[C@@H]1CCCN1C(=O)C1CC(=O)N(c2ccccc2Br)C1. The summed E-state index contributed by atoms with van der Waals surface area (Å²) in [5.74, 6) is -1.78. The van der Waals surface area contributed by atoms with E-state index in [-0.39, 0.29) is 18.2 Å². The van der Waals surface area contributed by atoms with Crippen molar-refractivity contribution in [2.24, 2.45) is 5.92 Å². The number of para-hydroxylation sites is 1. The highest BCUT2D eigenvalue weighted by atomic mass is 79.9. The molecule has 122 valence electrons. The van der Waals surface area contributed by atoms with E-state index >= 15 is 0 Å². The predicted octanol–water partition coefficient (Wildman–Crippen LogP) is 1.88. The van der Waals surface area contributed by atoms with E-state index in [1.165, 1.54) is 4.90 Å². The average molecular weight is 381 g/mol. The summed E-state index contributed by atoms with van der Waals surface area (Å²) in [7, 11) is 0. The molecule has 2 aliphatic rings. The smallest absolute Gasteiger partial charge is 0.326 e. The monoisotopic (exact) mass is 380 g/mol. The molecule has 2 fully saturated rings. The topological polar surface area (TPSA) is 77.9 Å². The average Bonchev–Trinajstić information content (AvgIpc) is 3.14. The molecule has 0 spiro atoms.